The minimum Gasteiger partial charge on any atom is -0.543 e. The molecule has 2 saturated heterocycles. The van der Waals surface area contributed by atoms with E-state index in [0.717, 1.165) is 31.0 Å². The smallest absolute Gasteiger partial charge is 0.543 e. The fourth-order valence-electron chi connectivity index (χ4n) is 4.77. The van der Waals surface area contributed by atoms with Crippen molar-refractivity contribution in [1.82, 2.24) is 15.1 Å². The van der Waals surface area contributed by atoms with Crippen LogP contribution in [0.1, 0.15) is 50.5 Å². The molecule has 34 heavy (non-hydrogen) atoms. The van der Waals surface area contributed by atoms with Gasteiger partial charge in [0.15, 0.2) is 0 Å². The summed E-state index contributed by atoms with van der Waals surface area (Å²) < 4.78 is 33.4. The Hall–Kier alpha value is -2.70. The normalized spacial score (nSPS) is 19.9. The third kappa shape index (κ3) is 5.03. The SMILES string of the molecule is CC(C)(C)OC(=O)N1CCCC12CCN(c1c(-c3cc(F)cc(F)c3)cnnc1C(=O)[O-])C2.[Li+]. The molecule has 0 saturated carbocycles. The van der Waals surface area contributed by atoms with E-state index in [9.17, 15) is 23.5 Å². The van der Waals surface area contributed by atoms with E-state index in [4.69, 9.17) is 4.74 Å². The second-order valence-electron chi connectivity index (χ2n) is 9.53. The number of aromatic carboxylic acids is 1. The number of anilines is 1. The maximum Gasteiger partial charge on any atom is 1.00 e. The molecule has 176 valence electrons. The van der Waals surface area contributed by atoms with Crippen LogP contribution in [0.5, 0.6) is 0 Å². The van der Waals surface area contributed by atoms with Gasteiger partial charge in [-0.1, -0.05) is 0 Å². The first-order chi connectivity index (χ1) is 15.5. The van der Waals surface area contributed by atoms with E-state index in [1.165, 1.54) is 6.20 Å². The van der Waals surface area contributed by atoms with Crippen molar-refractivity contribution < 1.29 is 47.1 Å². The van der Waals surface area contributed by atoms with Crippen LogP contribution in [-0.2, 0) is 4.74 Å². The predicted molar refractivity (Wildman–Crippen MR) is 113 cm³/mol. The quantitative estimate of drug-likeness (QED) is 0.577. The molecule has 1 amide bonds. The van der Waals surface area contributed by atoms with Crippen molar-refractivity contribution in [3.8, 4) is 11.1 Å². The van der Waals surface area contributed by atoms with E-state index < -0.39 is 40.5 Å². The summed E-state index contributed by atoms with van der Waals surface area (Å²) in [6, 6.07) is 2.95. The molecule has 3 heterocycles. The molecule has 1 aromatic carbocycles. The monoisotopic (exact) mass is 466 g/mol. The number of carboxylic acid groups (broad SMARTS) is 1. The summed E-state index contributed by atoms with van der Waals surface area (Å²) in [6.07, 6.45) is 2.96. The summed E-state index contributed by atoms with van der Waals surface area (Å²) >= 11 is 0. The van der Waals surface area contributed by atoms with Crippen molar-refractivity contribution in [2.75, 3.05) is 24.5 Å². The van der Waals surface area contributed by atoms with Crippen LogP contribution < -0.4 is 28.9 Å². The van der Waals surface area contributed by atoms with Gasteiger partial charge in [-0.25, -0.2) is 13.6 Å². The average molecular weight is 466 g/mol. The number of carboxylic acids is 1. The second kappa shape index (κ2) is 9.51. The van der Waals surface area contributed by atoms with Crippen molar-refractivity contribution in [2.24, 2.45) is 0 Å². The summed E-state index contributed by atoms with van der Waals surface area (Å²) in [5.74, 6) is -3.15. The molecule has 11 heteroatoms. The van der Waals surface area contributed by atoms with Crippen molar-refractivity contribution >= 4 is 17.7 Å². The molecule has 2 aromatic rings. The molecule has 0 radical (unpaired) electrons. The standard InChI is InChI=1S/C23H26F2N4O4.Li/c1-22(2,3)33-21(32)29-7-4-5-23(29)6-8-28(13-23)19-17(12-26-27-18(19)20(30)31)14-9-15(24)11-16(25)10-14;/h9-12H,4-8,13H2,1-3H3,(H,30,31);/q;+1/p-1. The molecule has 4 rings (SSSR count). The minimum atomic E-state index is -1.55. The number of carbonyl (C=O) groups excluding carboxylic acids is 2. The number of carbonyl (C=O) groups is 2. The molecule has 1 unspecified atom stereocenters. The van der Waals surface area contributed by atoms with E-state index in [2.05, 4.69) is 10.2 Å². The number of likely N-dealkylation sites (tertiary alicyclic amines) is 1. The first-order valence-electron chi connectivity index (χ1n) is 10.8. The van der Waals surface area contributed by atoms with Crippen molar-refractivity contribution in [3.05, 3.63) is 41.7 Å². The topological polar surface area (TPSA) is 98.7 Å². The van der Waals surface area contributed by atoms with Gasteiger partial charge in [-0.2, -0.15) is 5.10 Å². The Balaban J connectivity index is 0.00000324. The molecule has 0 aliphatic carbocycles. The Morgan fingerprint density at radius 1 is 1.12 bits per heavy atom. The summed E-state index contributed by atoms with van der Waals surface area (Å²) in [7, 11) is 0. The molecule has 1 spiro atoms. The van der Waals surface area contributed by atoms with Crippen LogP contribution in [0.25, 0.3) is 11.1 Å². The van der Waals surface area contributed by atoms with Crippen LogP contribution in [0.3, 0.4) is 0 Å². The van der Waals surface area contributed by atoms with Crippen molar-refractivity contribution in [3.63, 3.8) is 0 Å². The number of rotatable bonds is 3. The van der Waals surface area contributed by atoms with Gasteiger partial charge in [-0.05, 0) is 57.7 Å². The van der Waals surface area contributed by atoms with Gasteiger partial charge in [0, 0.05) is 31.3 Å². The summed E-state index contributed by atoms with van der Waals surface area (Å²) in [6.45, 7) is 6.67. The van der Waals surface area contributed by atoms with Gasteiger partial charge in [0.05, 0.1) is 23.4 Å². The third-order valence-corrected chi connectivity index (χ3v) is 6.05. The fourth-order valence-corrected chi connectivity index (χ4v) is 4.77. The van der Waals surface area contributed by atoms with E-state index in [-0.39, 0.29) is 35.7 Å². The van der Waals surface area contributed by atoms with Gasteiger partial charge in [0.25, 0.3) is 0 Å². The Labute approximate surface area is 208 Å². The van der Waals surface area contributed by atoms with Gasteiger partial charge in [-0.15, -0.1) is 5.10 Å². The number of hydrogen-bond acceptors (Lipinski definition) is 7. The van der Waals surface area contributed by atoms with Gasteiger partial charge in [-0.3, -0.25) is 0 Å². The number of hydrogen-bond donors (Lipinski definition) is 0. The largest absolute Gasteiger partial charge is 1.00 e. The molecule has 0 bridgehead atoms. The number of aromatic nitrogens is 2. The zero-order valence-electron chi connectivity index (χ0n) is 19.7. The number of amides is 1. The number of benzene rings is 1. The Bertz CT molecular complexity index is 1090. The third-order valence-electron chi connectivity index (χ3n) is 6.05. The summed E-state index contributed by atoms with van der Waals surface area (Å²) in [5.41, 5.74) is -1.08. The molecule has 0 N–H and O–H groups in total. The first-order valence-corrected chi connectivity index (χ1v) is 10.8. The van der Waals surface area contributed by atoms with Gasteiger partial charge in [0.2, 0.25) is 0 Å². The molecule has 2 aliphatic heterocycles. The van der Waals surface area contributed by atoms with Crippen LogP contribution in [0.2, 0.25) is 0 Å². The molecule has 2 aliphatic rings. The van der Waals surface area contributed by atoms with E-state index in [1.807, 2.05) is 0 Å². The number of ether oxygens (including phenoxy) is 1. The van der Waals surface area contributed by atoms with Gasteiger partial charge in [0.1, 0.15) is 22.9 Å². The maximum absolute atomic E-state index is 13.9. The molecule has 1 aromatic heterocycles. The molecular formula is C23H25F2LiN4O4. The van der Waals surface area contributed by atoms with E-state index in [1.54, 1.807) is 30.6 Å². The van der Waals surface area contributed by atoms with Crippen molar-refractivity contribution in [1.29, 1.82) is 0 Å². The zero-order chi connectivity index (χ0) is 24.0. The predicted octanol–water partition coefficient (Wildman–Crippen LogP) is -0.231. The van der Waals surface area contributed by atoms with Gasteiger partial charge >= 0.3 is 25.0 Å². The van der Waals surface area contributed by atoms with E-state index in [0.29, 0.717) is 26.1 Å². The Morgan fingerprint density at radius 3 is 2.41 bits per heavy atom. The zero-order valence-corrected chi connectivity index (χ0v) is 19.7. The fraction of sp³-hybridized carbons (Fsp3) is 0.478. The average Bonchev–Trinajstić information content (AvgIpc) is 3.32. The molecule has 1 atom stereocenters. The van der Waals surface area contributed by atoms with Crippen LogP contribution in [-0.4, -0.2) is 57.9 Å². The van der Waals surface area contributed by atoms with Crippen LogP contribution in [0.15, 0.2) is 24.4 Å². The molecular weight excluding hydrogens is 441 g/mol. The minimum absolute atomic E-state index is 0. The van der Waals surface area contributed by atoms with Gasteiger partial charge < -0.3 is 24.4 Å². The summed E-state index contributed by atoms with van der Waals surface area (Å²) in [5, 5.41) is 19.3. The maximum atomic E-state index is 13.9. The summed E-state index contributed by atoms with van der Waals surface area (Å²) in [4.78, 5) is 28.2. The number of nitrogens with zero attached hydrogens (tertiary/aromatic N) is 4. The molecule has 8 nitrogen and oxygen atoms in total. The Kier molecular flexibility index (Phi) is 7.25. The van der Waals surface area contributed by atoms with Crippen molar-refractivity contribution in [2.45, 2.75) is 51.2 Å². The van der Waals surface area contributed by atoms with Crippen LogP contribution in [0, 0.1) is 11.6 Å². The number of halogens is 2. The van der Waals surface area contributed by atoms with Crippen LogP contribution >= 0.6 is 0 Å². The van der Waals surface area contributed by atoms with E-state index >= 15 is 0 Å². The first kappa shape index (κ1) is 25.9. The second-order valence-corrected chi connectivity index (χ2v) is 9.53. The Morgan fingerprint density at radius 2 is 1.79 bits per heavy atom. The molecule has 2 fully saturated rings. The van der Waals surface area contributed by atoms with Crippen LogP contribution in [0.4, 0.5) is 19.3 Å².